The minimum Gasteiger partial charge on any atom is -0.497 e. The lowest BCUT2D eigenvalue weighted by Gasteiger charge is -2.29. The number of hydrogen-bond acceptors (Lipinski definition) is 6. The summed E-state index contributed by atoms with van der Waals surface area (Å²) in [4.78, 5) is 12.6. The molecule has 8 heteroatoms. The van der Waals surface area contributed by atoms with Gasteiger partial charge in [-0.2, -0.15) is 4.39 Å². The summed E-state index contributed by atoms with van der Waals surface area (Å²) in [5.41, 5.74) is -0.412. The number of hydrogen-bond donors (Lipinski definition) is 1. The zero-order valence-electron chi connectivity index (χ0n) is 13.4. The fraction of sp³-hybridized carbons (Fsp3) is 0.600. The molecule has 128 valence electrons. The first-order valence-electron chi connectivity index (χ1n) is 7.57. The number of halogens is 1. The molecular formula is C15H22FN3O4. The average Bonchev–Trinajstić information content (AvgIpc) is 2.52. The van der Waals surface area contributed by atoms with Crippen LogP contribution in [0.15, 0.2) is 12.1 Å². The lowest BCUT2D eigenvalue weighted by molar-refractivity contribution is -0.386. The summed E-state index contributed by atoms with van der Waals surface area (Å²) in [5, 5.41) is 14.0. The molecule has 1 aliphatic rings. The minimum absolute atomic E-state index is 0.140. The minimum atomic E-state index is -0.905. The standard InChI is InChI=1S/C15H22FN3O4/c1-11(10-18-3-5-23-6-4-18)9-17-14-8-12(22-2)7-13(16)15(14)19(20)21/h7-8,11,17H,3-6,9-10H2,1-2H3. The molecular weight excluding hydrogens is 305 g/mol. The molecule has 0 bridgehead atoms. The van der Waals surface area contributed by atoms with Crippen LogP contribution in [0.3, 0.4) is 0 Å². The largest absolute Gasteiger partial charge is 0.497 e. The number of anilines is 1. The van der Waals surface area contributed by atoms with Gasteiger partial charge < -0.3 is 14.8 Å². The van der Waals surface area contributed by atoms with Crippen LogP contribution in [0.1, 0.15) is 6.92 Å². The molecule has 0 aromatic heterocycles. The van der Waals surface area contributed by atoms with Crippen molar-refractivity contribution in [1.29, 1.82) is 0 Å². The Bertz CT molecular complexity index is 550. The Labute approximate surface area is 134 Å². The zero-order chi connectivity index (χ0) is 16.8. The number of nitro groups is 1. The summed E-state index contributed by atoms with van der Waals surface area (Å²) in [7, 11) is 1.39. The van der Waals surface area contributed by atoms with Crippen LogP contribution in [0, 0.1) is 21.8 Å². The van der Waals surface area contributed by atoms with Crippen molar-refractivity contribution in [1.82, 2.24) is 4.90 Å². The van der Waals surface area contributed by atoms with Gasteiger partial charge in [0.1, 0.15) is 11.4 Å². The number of nitrogens with zero attached hydrogens (tertiary/aromatic N) is 2. The zero-order valence-corrected chi connectivity index (χ0v) is 13.4. The van der Waals surface area contributed by atoms with Crippen LogP contribution in [0.2, 0.25) is 0 Å². The Morgan fingerprint density at radius 3 is 2.78 bits per heavy atom. The molecule has 23 heavy (non-hydrogen) atoms. The lowest BCUT2D eigenvalue weighted by atomic mass is 10.1. The second-order valence-corrected chi connectivity index (χ2v) is 5.66. The predicted octanol–water partition coefficient (Wildman–Crippen LogP) is 2.12. The second-order valence-electron chi connectivity index (χ2n) is 5.66. The van der Waals surface area contributed by atoms with Gasteiger partial charge in [-0.25, -0.2) is 0 Å². The summed E-state index contributed by atoms with van der Waals surface area (Å²) < 4.78 is 24.1. The van der Waals surface area contributed by atoms with Crippen LogP contribution in [-0.4, -0.2) is 56.3 Å². The van der Waals surface area contributed by atoms with Gasteiger partial charge in [-0.1, -0.05) is 6.92 Å². The number of ether oxygens (including phenoxy) is 2. The highest BCUT2D eigenvalue weighted by atomic mass is 19.1. The molecule has 1 unspecified atom stereocenters. The quantitative estimate of drug-likeness (QED) is 0.611. The molecule has 1 saturated heterocycles. The highest BCUT2D eigenvalue weighted by Gasteiger charge is 2.23. The van der Waals surface area contributed by atoms with Gasteiger partial charge in [0.25, 0.3) is 0 Å². The van der Waals surface area contributed by atoms with Crippen molar-refractivity contribution < 1.29 is 18.8 Å². The molecule has 0 radical (unpaired) electrons. The van der Waals surface area contributed by atoms with E-state index in [2.05, 4.69) is 10.2 Å². The Morgan fingerprint density at radius 1 is 1.48 bits per heavy atom. The van der Waals surface area contributed by atoms with E-state index in [1.807, 2.05) is 6.92 Å². The maximum atomic E-state index is 13.9. The average molecular weight is 327 g/mol. The van der Waals surface area contributed by atoms with Gasteiger partial charge in [-0.3, -0.25) is 15.0 Å². The first kappa shape index (κ1) is 17.4. The van der Waals surface area contributed by atoms with Crippen LogP contribution < -0.4 is 10.1 Å². The number of rotatable bonds is 7. The van der Waals surface area contributed by atoms with Gasteiger partial charge in [0.2, 0.25) is 5.82 Å². The van der Waals surface area contributed by atoms with E-state index < -0.39 is 16.4 Å². The molecule has 2 rings (SSSR count). The molecule has 1 N–H and O–H groups in total. The number of methoxy groups -OCH3 is 1. The van der Waals surface area contributed by atoms with E-state index in [1.54, 1.807) is 0 Å². The smallest absolute Gasteiger partial charge is 0.327 e. The third-order valence-electron chi connectivity index (χ3n) is 3.77. The highest BCUT2D eigenvalue weighted by Crippen LogP contribution is 2.32. The molecule has 0 aliphatic carbocycles. The number of nitrogens with one attached hydrogen (secondary N) is 1. The molecule has 0 spiro atoms. The molecule has 1 aromatic carbocycles. The van der Waals surface area contributed by atoms with E-state index in [9.17, 15) is 14.5 Å². The lowest BCUT2D eigenvalue weighted by Crippen LogP contribution is -2.40. The first-order chi connectivity index (χ1) is 11.0. The molecule has 0 saturated carbocycles. The van der Waals surface area contributed by atoms with E-state index in [0.29, 0.717) is 6.54 Å². The van der Waals surface area contributed by atoms with Crippen molar-refractivity contribution in [3.05, 3.63) is 28.1 Å². The molecule has 1 aromatic rings. The summed E-state index contributed by atoms with van der Waals surface area (Å²) in [5.74, 6) is -0.406. The van der Waals surface area contributed by atoms with Crippen LogP contribution in [0.5, 0.6) is 5.75 Å². The molecule has 1 fully saturated rings. The molecule has 0 amide bonds. The second kappa shape index (κ2) is 8.07. The SMILES string of the molecule is COc1cc(F)c([N+](=O)[O-])c(NCC(C)CN2CCOCC2)c1. The Kier molecular flexibility index (Phi) is 6.12. The van der Waals surface area contributed by atoms with Crippen molar-refractivity contribution in [2.45, 2.75) is 6.92 Å². The van der Waals surface area contributed by atoms with E-state index in [1.165, 1.54) is 13.2 Å². The highest BCUT2D eigenvalue weighted by molar-refractivity contribution is 5.65. The molecule has 1 atom stereocenters. The fourth-order valence-electron chi connectivity index (χ4n) is 2.59. The molecule has 7 nitrogen and oxygen atoms in total. The van der Waals surface area contributed by atoms with Crippen molar-refractivity contribution in [3.63, 3.8) is 0 Å². The summed E-state index contributed by atoms with van der Waals surface area (Å²) in [6, 6.07) is 2.46. The van der Waals surface area contributed by atoms with Gasteiger partial charge in [0, 0.05) is 38.3 Å². The van der Waals surface area contributed by atoms with Gasteiger partial charge in [0.05, 0.1) is 25.2 Å². The van der Waals surface area contributed by atoms with Crippen LogP contribution in [0.25, 0.3) is 0 Å². The van der Waals surface area contributed by atoms with Crippen LogP contribution >= 0.6 is 0 Å². The number of nitro benzene ring substituents is 1. The fourth-order valence-corrected chi connectivity index (χ4v) is 2.59. The maximum absolute atomic E-state index is 13.9. The maximum Gasteiger partial charge on any atom is 0.327 e. The third-order valence-corrected chi connectivity index (χ3v) is 3.77. The Morgan fingerprint density at radius 2 is 2.17 bits per heavy atom. The van der Waals surface area contributed by atoms with Gasteiger partial charge in [-0.05, 0) is 5.92 Å². The van der Waals surface area contributed by atoms with E-state index in [4.69, 9.17) is 9.47 Å². The molecule has 1 aliphatic heterocycles. The van der Waals surface area contributed by atoms with Crippen molar-refractivity contribution in [3.8, 4) is 5.75 Å². The monoisotopic (exact) mass is 327 g/mol. The van der Waals surface area contributed by atoms with Crippen LogP contribution in [-0.2, 0) is 4.74 Å². The first-order valence-corrected chi connectivity index (χ1v) is 7.57. The van der Waals surface area contributed by atoms with Gasteiger partial charge in [-0.15, -0.1) is 0 Å². The third kappa shape index (κ3) is 4.77. The number of morpholine rings is 1. The summed E-state index contributed by atoms with van der Waals surface area (Å²) in [6.07, 6.45) is 0. The topological polar surface area (TPSA) is 76.9 Å². The van der Waals surface area contributed by atoms with E-state index in [-0.39, 0.29) is 17.4 Å². The number of benzene rings is 1. The van der Waals surface area contributed by atoms with Crippen molar-refractivity contribution in [2.24, 2.45) is 5.92 Å². The Hall–Kier alpha value is -1.93. The normalized spacial score (nSPS) is 16.8. The van der Waals surface area contributed by atoms with E-state index >= 15 is 0 Å². The van der Waals surface area contributed by atoms with Crippen molar-refractivity contribution >= 4 is 11.4 Å². The van der Waals surface area contributed by atoms with E-state index in [0.717, 1.165) is 38.9 Å². The predicted molar refractivity (Wildman–Crippen MR) is 84.5 cm³/mol. The summed E-state index contributed by atoms with van der Waals surface area (Å²) in [6.45, 7) is 6.64. The summed E-state index contributed by atoms with van der Waals surface area (Å²) >= 11 is 0. The molecule has 1 heterocycles. The van der Waals surface area contributed by atoms with Crippen LogP contribution in [0.4, 0.5) is 15.8 Å². The van der Waals surface area contributed by atoms with Gasteiger partial charge >= 0.3 is 5.69 Å². The van der Waals surface area contributed by atoms with Gasteiger partial charge in [0.15, 0.2) is 0 Å². The van der Waals surface area contributed by atoms with Crippen molar-refractivity contribution in [2.75, 3.05) is 51.8 Å². The Balaban J connectivity index is 2.00.